The van der Waals surface area contributed by atoms with E-state index in [0.29, 0.717) is 5.69 Å². The monoisotopic (exact) mass is 271 g/mol. The predicted molar refractivity (Wildman–Crippen MR) is 75.5 cm³/mol. The molecular formula is C13H13N5S. The van der Waals surface area contributed by atoms with Gasteiger partial charge in [-0.05, 0) is 17.5 Å². The largest absolute Gasteiger partial charge is 0.360 e. The Labute approximate surface area is 115 Å². The first-order valence-electron chi connectivity index (χ1n) is 6.12. The number of nitriles is 1. The second-order valence-electron chi connectivity index (χ2n) is 4.30. The summed E-state index contributed by atoms with van der Waals surface area (Å²) in [6, 6.07) is 6.22. The molecule has 0 aromatic carbocycles. The van der Waals surface area contributed by atoms with Gasteiger partial charge in [-0.15, -0.1) is 11.3 Å². The number of aromatic nitrogens is 2. The summed E-state index contributed by atoms with van der Waals surface area (Å²) in [5.41, 5.74) is 0.362. The molecule has 3 rings (SSSR count). The summed E-state index contributed by atoms with van der Waals surface area (Å²) in [5, 5.41) is 12.1. The summed E-state index contributed by atoms with van der Waals surface area (Å²) in [6.07, 6.45) is 3.21. The van der Waals surface area contributed by atoms with Crippen LogP contribution >= 0.6 is 11.3 Å². The van der Waals surface area contributed by atoms with Crippen molar-refractivity contribution in [2.75, 3.05) is 36.0 Å². The lowest BCUT2D eigenvalue weighted by atomic mass is 10.3. The molecule has 1 aliphatic rings. The Morgan fingerprint density at radius 1 is 1.11 bits per heavy atom. The van der Waals surface area contributed by atoms with Gasteiger partial charge in [0, 0.05) is 26.2 Å². The molecule has 2 aromatic rings. The zero-order valence-electron chi connectivity index (χ0n) is 10.4. The molecule has 0 aliphatic carbocycles. The van der Waals surface area contributed by atoms with Gasteiger partial charge in [0.25, 0.3) is 0 Å². The molecule has 0 bridgehead atoms. The van der Waals surface area contributed by atoms with Crippen molar-refractivity contribution >= 4 is 22.2 Å². The zero-order valence-corrected chi connectivity index (χ0v) is 11.2. The summed E-state index contributed by atoms with van der Waals surface area (Å²) < 4.78 is 0. The summed E-state index contributed by atoms with van der Waals surface area (Å²) >= 11 is 1.77. The van der Waals surface area contributed by atoms with Gasteiger partial charge in [-0.1, -0.05) is 0 Å². The average Bonchev–Trinajstić information content (AvgIpc) is 3.02. The number of hydrogen-bond donors (Lipinski definition) is 0. The highest BCUT2D eigenvalue weighted by molar-refractivity contribution is 7.14. The topological polar surface area (TPSA) is 56.1 Å². The van der Waals surface area contributed by atoms with Gasteiger partial charge in [0.2, 0.25) is 0 Å². The number of piperazine rings is 1. The van der Waals surface area contributed by atoms with Crippen molar-refractivity contribution in [2.45, 2.75) is 0 Å². The van der Waals surface area contributed by atoms with Crippen LogP contribution in [0.4, 0.5) is 10.8 Å². The molecule has 0 amide bonds. The molecule has 3 heterocycles. The summed E-state index contributed by atoms with van der Waals surface area (Å²) in [4.78, 5) is 12.9. The van der Waals surface area contributed by atoms with Crippen molar-refractivity contribution in [1.29, 1.82) is 5.26 Å². The first kappa shape index (κ1) is 11.9. The van der Waals surface area contributed by atoms with Crippen LogP contribution in [0.25, 0.3) is 0 Å². The van der Waals surface area contributed by atoms with Crippen LogP contribution in [0.2, 0.25) is 0 Å². The molecule has 96 valence electrons. The van der Waals surface area contributed by atoms with E-state index >= 15 is 0 Å². The van der Waals surface area contributed by atoms with Gasteiger partial charge in [-0.25, -0.2) is 9.97 Å². The van der Waals surface area contributed by atoms with Crippen LogP contribution in [-0.4, -0.2) is 36.1 Å². The van der Waals surface area contributed by atoms with Crippen LogP contribution in [0.3, 0.4) is 0 Å². The SMILES string of the molecule is N#Cc1cnc(N2CCN(c3cccs3)CC2)cn1. The minimum absolute atomic E-state index is 0.362. The third-order valence-electron chi connectivity index (χ3n) is 3.17. The van der Waals surface area contributed by atoms with E-state index in [0.717, 1.165) is 32.0 Å². The molecule has 1 saturated heterocycles. The van der Waals surface area contributed by atoms with E-state index in [9.17, 15) is 0 Å². The molecule has 5 nitrogen and oxygen atoms in total. The molecule has 2 aromatic heterocycles. The minimum atomic E-state index is 0.362. The van der Waals surface area contributed by atoms with E-state index in [1.807, 2.05) is 6.07 Å². The number of nitrogens with zero attached hydrogens (tertiary/aromatic N) is 5. The smallest absolute Gasteiger partial charge is 0.158 e. The number of anilines is 2. The fourth-order valence-electron chi connectivity index (χ4n) is 2.15. The first-order valence-corrected chi connectivity index (χ1v) is 7.00. The van der Waals surface area contributed by atoms with E-state index in [1.54, 1.807) is 17.5 Å². The molecule has 0 N–H and O–H groups in total. The van der Waals surface area contributed by atoms with Gasteiger partial charge in [-0.3, -0.25) is 0 Å². The Morgan fingerprint density at radius 3 is 2.47 bits per heavy atom. The maximum Gasteiger partial charge on any atom is 0.158 e. The molecule has 1 aliphatic heterocycles. The average molecular weight is 271 g/mol. The zero-order chi connectivity index (χ0) is 13.1. The lowest BCUT2D eigenvalue weighted by Crippen LogP contribution is -2.46. The lowest BCUT2D eigenvalue weighted by Gasteiger charge is -2.35. The van der Waals surface area contributed by atoms with Crippen molar-refractivity contribution in [1.82, 2.24) is 9.97 Å². The highest BCUT2D eigenvalue weighted by Crippen LogP contribution is 2.23. The normalized spacial score (nSPS) is 15.3. The van der Waals surface area contributed by atoms with E-state index < -0.39 is 0 Å². The predicted octanol–water partition coefficient (Wildman–Crippen LogP) is 1.74. The number of rotatable bonds is 2. The van der Waals surface area contributed by atoms with Gasteiger partial charge in [-0.2, -0.15) is 5.26 Å². The van der Waals surface area contributed by atoms with Crippen molar-refractivity contribution in [3.05, 3.63) is 35.6 Å². The standard InChI is InChI=1S/C13H13N5S/c14-8-11-9-16-12(10-15-11)17-3-5-18(6-4-17)13-2-1-7-19-13/h1-2,7,9-10H,3-6H2. The van der Waals surface area contributed by atoms with Crippen molar-refractivity contribution < 1.29 is 0 Å². The van der Waals surface area contributed by atoms with Gasteiger partial charge in [0.15, 0.2) is 5.69 Å². The highest BCUT2D eigenvalue weighted by Gasteiger charge is 2.18. The lowest BCUT2D eigenvalue weighted by molar-refractivity contribution is 0.649. The summed E-state index contributed by atoms with van der Waals surface area (Å²) in [7, 11) is 0. The van der Waals surface area contributed by atoms with Crippen LogP contribution in [0.15, 0.2) is 29.9 Å². The van der Waals surface area contributed by atoms with Crippen LogP contribution in [0.1, 0.15) is 5.69 Å². The van der Waals surface area contributed by atoms with E-state index in [-0.39, 0.29) is 0 Å². The maximum absolute atomic E-state index is 8.71. The van der Waals surface area contributed by atoms with Crippen LogP contribution in [-0.2, 0) is 0 Å². The fraction of sp³-hybridized carbons (Fsp3) is 0.308. The Balaban J connectivity index is 1.65. The minimum Gasteiger partial charge on any atom is -0.360 e. The molecule has 19 heavy (non-hydrogen) atoms. The van der Waals surface area contributed by atoms with Gasteiger partial charge >= 0.3 is 0 Å². The molecule has 0 unspecified atom stereocenters. The molecule has 0 spiro atoms. The summed E-state index contributed by atoms with van der Waals surface area (Å²) in [6.45, 7) is 3.83. The fourth-order valence-corrected chi connectivity index (χ4v) is 2.93. The van der Waals surface area contributed by atoms with Gasteiger partial charge in [0.05, 0.1) is 17.4 Å². The molecule has 1 fully saturated rings. The molecule has 0 saturated carbocycles. The Kier molecular flexibility index (Phi) is 3.29. The van der Waals surface area contributed by atoms with Crippen LogP contribution in [0, 0.1) is 11.3 Å². The third kappa shape index (κ3) is 2.51. The van der Waals surface area contributed by atoms with E-state index in [1.165, 1.54) is 11.2 Å². The van der Waals surface area contributed by atoms with Crippen molar-refractivity contribution in [3.63, 3.8) is 0 Å². The Hall–Kier alpha value is -2.13. The van der Waals surface area contributed by atoms with Crippen molar-refractivity contribution in [2.24, 2.45) is 0 Å². The number of thiophene rings is 1. The quantitative estimate of drug-likeness (QED) is 0.832. The Bertz CT molecular complexity index is 564. The molecule has 0 atom stereocenters. The van der Waals surface area contributed by atoms with Crippen molar-refractivity contribution in [3.8, 4) is 6.07 Å². The van der Waals surface area contributed by atoms with E-state index in [2.05, 4.69) is 37.3 Å². The second-order valence-corrected chi connectivity index (χ2v) is 5.22. The highest BCUT2D eigenvalue weighted by atomic mass is 32.1. The third-order valence-corrected chi connectivity index (χ3v) is 4.10. The van der Waals surface area contributed by atoms with E-state index in [4.69, 9.17) is 5.26 Å². The number of hydrogen-bond acceptors (Lipinski definition) is 6. The maximum atomic E-state index is 8.71. The second kappa shape index (κ2) is 5.24. The van der Waals surface area contributed by atoms with Crippen LogP contribution in [0.5, 0.6) is 0 Å². The van der Waals surface area contributed by atoms with Gasteiger partial charge < -0.3 is 9.80 Å². The molecule has 6 heteroatoms. The first-order chi connectivity index (χ1) is 9.36. The van der Waals surface area contributed by atoms with Gasteiger partial charge in [0.1, 0.15) is 11.9 Å². The summed E-state index contributed by atoms with van der Waals surface area (Å²) in [5.74, 6) is 0.852. The molecule has 0 radical (unpaired) electrons. The van der Waals surface area contributed by atoms with Crippen LogP contribution < -0.4 is 9.80 Å². The Morgan fingerprint density at radius 2 is 1.89 bits per heavy atom. The molecular weight excluding hydrogens is 258 g/mol.